The van der Waals surface area contributed by atoms with Gasteiger partial charge in [-0.2, -0.15) is 5.26 Å². The molecule has 6 heteroatoms. The number of hydrogen-bond acceptors (Lipinski definition) is 4. The Morgan fingerprint density at radius 3 is 1.78 bits per heavy atom. The van der Waals surface area contributed by atoms with Crippen molar-refractivity contribution in [3.8, 4) is 6.07 Å². The van der Waals surface area contributed by atoms with E-state index in [2.05, 4.69) is 6.58 Å². The van der Waals surface area contributed by atoms with Gasteiger partial charge in [0.25, 0.3) is 0 Å². The molecule has 0 aliphatic carbocycles. The minimum absolute atomic E-state index is 0. The Hall–Kier alpha value is -0.830. The first-order chi connectivity index (χ1) is 3.65. The Morgan fingerprint density at radius 1 is 1.67 bits per heavy atom. The third kappa shape index (κ3) is 6610. The predicted octanol–water partition coefficient (Wildman–Crippen LogP) is 0.454. The Morgan fingerprint density at radius 2 is 1.78 bits per heavy atom. The summed E-state index contributed by atoms with van der Waals surface area (Å²) in [6.45, 7) is 3.12. The van der Waals surface area contributed by atoms with Crippen molar-refractivity contribution in [1.82, 2.24) is 0 Å². The molecule has 0 unspecified atom stereocenters. The Balaban J connectivity index is -0.0000000720. The molecule has 0 radical (unpaired) electrons. The van der Waals surface area contributed by atoms with Crippen molar-refractivity contribution in [2.45, 2.75) is 0 Å². The summed E-state index contributed by atoms with van der Waals surface area (Å²) in [5.41, 5.74) is 0. The summed E-state index contributed by atoms with van der Waals surface area (Å²) in [5, 5.41) is 22.3. The largest absolute Gasteiger partial charge is 1.00 e. The minimum atomic E-state index is -1.75. The molecule has 9 heavy (non-hydrogen) atoms. The Bertz CT molecular complexity index is 115. The zero-order chi connectivity index (χ0) is 6.99. The molecule has 0 aromatic rings. The summed E-state index contributed by atoms with van der Waals surface area (Å²) in [5.74, 6) is 0. The van der Waals surface area contributed by atoms with Crippen LogP contribution in [0.15, 0.2) is 12.7 Å². The molecule has 0 aromatic heterocycles. The van der Waals surface area contributed by atoms with Crippen LogP contribution >= 0.6 is 0 Å². The summed E-state index contributed by atoms with van der Waals surface area (Å²) in [7, 11) is 0. The molecule has 0 heterocycles. The van der Waals surface area contributed by atoms with E-state index < -0.39 is 5.09 Å². The van der Waals surface area contributed by atoms with Gasteiger partial charge >= 0.3 is 22.4 Å². The van der Waals surface area contributed by atoms with Gasteiger partial charge in [0.2, 0.25) is 0 Å². The molecule has 0 amide bonds. The summed E-state index contributed by atoms with van der Waals surface area (Å²) in [4.78, 5) is 8.25. The molecule has 0 saturated heterocycles. The molecule has 0 fully saturated rings. The molecule has 0 aromatic carbocycles. The third-order valence-corrected chi connectivity index (χ3v) is 0.0913. The van der Waals surface area contributed by atoms with Gasteiger partial charge in [0, 0.05) is 6.08 Å². The number of hydrogen-bond donors (Lipinski definition) is 0. The summed E-state index contributed by atoms with van der Waals surface area (Å²) >= 11 is 0. The van der Waals surface area contributed by atoms with Gasteiger partial charge in [0.1, 0.15) is 0 Å². The molecule has 0 spiro atoms. The molecule has 0 rings (SSSR count). The molecule has 0 N–H and O–H groups in total. The topological polar surface area (TPSA) is 90.0 Å². The number of nitrogens with zero attached hydrogens (tertiary/aromatic N) is 2. The van der Waals surface area contributed by atoms with Crippen LogP contribution in [0.25, 0.3) is 0 Å². The van der Waals surface area contributed by atoms with Crippen molar-refractivity contribution >= 4 is 0 Å². The molecule has 0 atom stereocenters. The van der Waals surface area contributed by atoms with Crippen molar-refractivity contribution in [3.05, 3.63) is 28.0 Å². The Labute approximate surface area is 67.2 Å². The van der Waals surface area contributed by atoms with Crippen LogP contribution in [0.4, 0.5) is 0 Å². The van der Waals surface area contributed by atoms with Crippen LogP contribution in [0.3, 0.4) is 0 Å². The van der Waals surface area contributed by atoms with Gasteiger partial charge in [-0.25, -0.2) is 0 Å². The van der Waals surface area contributed by atoms with Crippen LogP contribution < -0.4 is 0 Å². The van der Waals surface area contributed by atoms with E-state index in [4.69, 9.17) is 20.6 Å². The summed E-state index contributed by atoms with van der Waals surface area (Å²) < 4.78 is 0. The van der Waals surface area contributed by atoms with E-state index in [1.54, 1.807) is 6.07 Å². The van der Waals surface area contributed by atoms with Crippen LogP contribution in [0, 0.1) is 26.7 Å². The maximum absolute atomic E-state index is 8.25. The Kier molecular flexibility index (Phi) is 27.4. The van der Waals surface area contributed by atoms with E-state index in [1.807, 2.05) is 0 Å². The average Bonchev–Trinajstić information content (AvgIpc) is 1.65. The standard InChI is InChI=1S/C3H3N.Ag.NO3/c1-2-3-4;;2-1(3)4/h2H,1H2;;/q;+1;-1. The van der Waals surface area contributed by atoms with Gasteiger partial charge in [0.15, 0.2) is 0 Å². The summed E-state index contributed by atoms with van der Waals surface area (Å²) in [6, 6.07) is 1.69. The van der Waals surface area contributed by atoms with E-state index in [-0.39, 0.29) is 22.4 Å². The first-order valence-electron chi connectivity index (χ1n) is 1.47. The van der Waals surface area contributed by atoms with Crippen LogP contribution in [0.2, 0.25) is 0 Å². The quantitative estimate of drug-likeness (QED) is 0.258. The molecular weight excluding hydrogens is 220 g/mol. The average molecular weight is 223 g/mol. The van der Waals surface area contributed by atoms with Gasteiger partial charge in [0.05, 0.1) is 11.2 Å². The van der Waals surface area contributed by atoms with Gasteiger partial charge in [-0.15, -0.1) is 0 Å². The molecule has 54 valence electrons. The minimum Gasteiger partial charge on any atom is -0.356 e. The number of allylic oxidation sites excluding steroid dienone is 1. The summed E-state index contributed by atoms with van der Waals surface area (Å²) in [6.07, 6.45) is 1.18. The SMILES string of the molecule is C=CC#N.O=[N+]([O-])[O-].[Ag+]. The first kappa shape index (κ1) is 15.7. The van der Waals surface area contributed by atoms with Gasteiger partial charge in [-0.05, 0) is 0 Å². The van der Waals surface area contributed by atoms with E-state index in [0.29, 0.717) is 0 Å². The van der Waals surface area contributed by atoms with Gasteiger partial charge < -0.3 is 15.3 Å². The predicted molar refractivity (Wildman–Crippen MR) is 26.2 cm³/mol. The van der Waals surface area contributed by atoms with Crippen molar-refractivity contribution < 1.29 is 27.5 Å². The zero-order valence-corrected chi connectivity index (χ0v) is 5.69. The molecular formula is C3H3AgN2O3. The molecule has 0 saturated carbocycles. The molecule has 0 aliphatic heterocycles. The molecule has 0 aliphatic rings. The normalized spacial score (nSPS) is 4.33. The van der Waals surface area contributed by atoms with Crippen molar-refractivity contribution in [1.29, 1.82) is 5.26 Å². The van der Waals surface area contributed by atoms with E-state index in [1.165, 1.54) is 6.08 Å². The van der Waals surface area contributed by atoms with Crippen molar-refractivity contribution in [3.63, 3.8) is 0 Å². The second kappa shape index (κ2) is 15.7. The fourth-order valence-electron chi connectivity index (χ4n) is 0. The van der Waals surface area contributed by atoms with Crippen LogP contribution in [0.1, 0.15) is 0 Å². The monoisotopic (exact) mass is 222 g/mol. The van der Waals surface area contributed by atoms with Gasteiger partial charge in [-0.1, -0.05) is 6.58 Å². The fourth-order valence-corrected chi connectivity index (χ4v) is 0. The van der Waals surface area contributed by atoms with E-state index in [0.717, 1.165) is 0 Å². The van der Waals surface area contributed by atoms with Crippen LogP contribution in [0.5, 0.6) is 0 Å². The maximum Gasteiger partial charge on any atom is 1.00 e. The van der Waals surface area contributed by atoms with Crippen LogP contribution in [-0.4, -0.2) is 5.09 Å². The fraction of sp³-hybridized carbons (Fsp3) is 0. The molecule has 0 bridgehead atoms. The smallest absolute Gasteiger partial charge is 0.356 e. The third-order valence-electron chi connectivity index (χ3n) is 0.0913. The van der Waals surface area contributed by atoms with E-state index in [9.17, 15) is 0 Å². The second-order valence-electron chi connectivity index (χ2n) is 0.557. The zero-order valence-electron chi connectivity index (χ0n) is 4.21. The van der Waals surface area contributed by atoms with Crippen molar-refractivity contribution in [2.75, 3.05) is 0 Å². The first-order valence-corrected chi connectivity index (χ1v) is 1.47. The van der Waals surface area contributed by atoms with Gasteiger partial charge in [-0.3, -0.25) is 0 Å². The van der Waals surface area contributed by atoms with Crippen molar-refractivity contribution in [2.24, 2.45) is 0 Å². The number of nitriles is 1. The van der Waals surface area contributed by atoms with E-state index >= 15 is 0 Å². The second-order valence-corrected chi connectivity index (χ2v) is 0.557. The molecule has 5 nitrogen and oxygen atoms in total. The number of rotatable bonds is 0. The maximum atomic E-state index is 8.25. The van der Waals surface area contributed by atoms with Crippen LogP contribution in [-0.2, 0) is 22.4 Å².